The zero-order valence-electron chi connectivity index (χ0n) is 8.08. The van der Waals surface area contributed by atoms with Crippen LogP contribution in [-0.2, 0) is 4.74 Å². The molecular weight excluding hydrogens is 173 g/mol. The normalized spacial score (nSPS) is 28.4. The van der Waals surface area contributed by atoms with Gasteiger partial charge in [0.15, 0.2) is 0 Å². The van der Waals surface area contributed by atoms with Crippen LogP contribution in [0, 0.1) is 0 Å². The van der Waals surface area contributed by atoms with Gasteiger partial charge in [-0.05, 0) is 13.3 Å². The quantitative estimate of drug-likeness (QED) is 0.702. The van der Waals surface area contributed by atoms with E-state index in [1.54, 1.807) is 0 Å². The van der Waals surface area contributed by atoms with Gasteiger partial charge in [0.1, 0.15) is 6.67 Å². The van der Waals surface area contributed by atoms with Gasteiger partial charge in [0.05, 0.1) is 12.7 Å². The molecule has 0 amide bonds. The first-order valence-corrected chi connectivity index (χ1v) is 4.80. The maximum atomic E-state index is 12.1. The molecule has 1 saturated heterocycles. The highest BCUT2D eigenvalue weighted by Gasteiger charge is 2.19. The molecule has 0 radical (unpaired) electrons. The minimum Gasteiger partial charge on any atom is -0.389 e. The van der Waals surface area contributed by atoms with Gasteiger partial charge in [-0.25, -0.2) is 4.39 Å². The molecule has 0 saturated carbocycles. The van der Waals surface area contributed by atoms with Crippen LogP contribution < -0.4 is 0 Å². The number of hydrogen-bond acceptors (Lipinski definition) is 3. The molecule has 1 aliphatic rings. The second kappa shape index (κ2) is 5.52. The lowest BCUT2D eigenvalue weighted by atomic mass is 10.2. The van der Waals surface area contributed by atoms with Gasteiger partial charge in [0, 0.05) is 25.7 Å². The summed E-state index contributed by atoms with van der Waals surface area (Å²) in [6.45, 7) is 4.08. The first kappa shape index (κ1) is 10.9. The highest BCUT2D eigenvalue weighted by Crippen LogP contribution is 2.08. The van der Waals surface area contributed by atoms with Crippen LogP contribution in [0.4, 0.5) is 4.39 Å². The summed E-state index contributed by atoms with van der Waals surface area (Å²) in [6, 6.07) is 0.378. The van der Waals surface area contributed by atoms with E-state index in [2.05, 4.69) is 11.8 Å². The number of nitrogens with zero attached hydrogens (tertiary/aromatic N) is 1. The summed E-state index contributed by atoms with van der Waals surface area (Å²) in [5, 5.41) is 9.16. The van der Waals surface area contributed by atoms with E-state index in [0.29, 0.717) is 19.2 Å². The summed E-state index contributed by atoms with van der Waals surface area (Å²) < 4.78 is 17.4. The Hall–Kier alpha value is -0.190. The summed E-state index contributed by atoms with van der Waals surface area (Å²) in [7, 11) is 0. The number of alkyl halides is 1. The third kappa shape index (κ3) is 3.58. The molecule has 13 heavy (non-hydrogen) atoms. The van der Waals surface area contributed by atoms with Gasteiger partial charge < -0.3 is 9.84 Å². The molecule has 1 fully saturated rings. The highest BCUT2D eigenvalue weighted by atomic mass is 19.1. The van der Waals surface area contributed by atoms with Gasteiger partial charge in [-0.15, -0.1) is 0 Å². The molecule has 0 aromatic heterocycles. The third-order valence-electron chi connectivity index (χ3n) is 2.45. The van der Waals surface area contributed by atoms with Crippen molar-refractivity contribution in [3.63, 3.8) is 0 Å². The fourth-order valence-corrected chi connectivity index (χ4v) is 1.53. The molecule has 1 heterocycles. The Morgan fingerprint density at radius 2 is 2.38 bits per heavy atom. The largest absolute Gasteiger partial charge is 0.389 e. The smallest absolute Gasteiger partial charge is 0.117 e. The highest BCUT2D eigenvalue weighted by molar-refractivity contribution is 4.72. The van der Waals surface area contributed by atoms with E-state index in [1.807, 2.05) is 0 Å². The Morgan fingerprint density at radius 1 is 1.62 bits per heavy atom. The number of rotatable bonds is 3. The third-order valence-corrected chi connectivity index (χ3v) is 2.45. The van der Waals surface area contributed by atoms with Gasteiger partial charge in [-0.1, -0.05) is 0 Å². The average Bonchev–Trinajstić information content (AvgIpc) is 2.32. The van der Waals surface area contributed by atoms with E-state index in [-0.39, 0.29) is 0 Å². The molecule has 2 atom stereocenters. The molecule has 3 nitrogen and oxygen atoms in total. The molecule has 0 aliphatic carbocycles. The van der Waals surface area contributed by atoms with Crippen LogP contribution >= 0.6 is 0 Å². The Morgan fingerprint density at radius 3 is 3.08 bits per heavy atom. The van der Waals surface area contributed by atoms with E-state index in [9.17, 15) is 4.39 Å². The van der Waals surface area contributed by atoms with Crippen molar-refractivity contribution in [1.82, 2.24) is 4.90 Å². The molecule has 4 heteroatoms. The van der Waals surface area contributed by atoms with Gasteiger partial charge in [-0.3, -0.25) is 4.90 Å². The van der Waals surface area contributed by atoms with Crippen LogP contribution in [0.3, 0.4) is 0 Å². The number of ether oxygens (including phenoxy) is 1. The maximum absolute atomic E-state index is 12.1. The number of halogens is 1. The van der Waals surface area contributed by atoms with Crippen molar-refractivity contribution in [3.05, 3.63) is 0 Å². The van der Waals surface area contributed by atoms with Crippen molar-refractivity contribution in [1.29, 1.82) is 0 Å². The zero-order valence-corrected chi connectivity index (χ0v) is 8.08. The minimum atomic E-state index is -0.847. The molecule has 1 aliphatic heterocycles. The molecule has 0 spiro atoms. The fourth-order valence-electron chi connectivity index (χ4n) is 1.53. The fraction of sp³-hybridized carbons (Fsp3) is 1.00. The lowest BCUT2D eigenvalue weighted by Gasteiger charge is -2.27. The Balaban J connectivity index is 2.35. The first-order chi connectivity index (χ1) is 6.24. The lowest BCUT2D eigenvalue weighted by molar-refractivity contribution is 0.0715. The molecule has 0 aromatic rings. The second-order valence-corrected chi connectivity index (χ2v) is 3.55. The predicted octanol–water partition coefficient (Wildman–Crippen LogP) is 0.428. The number of β-amino-alcohol motifs (C(OH)–C–C–N with tert-alkyl or cyclic N) is 1. The Bertz CT molecular complexity index is 146. The Kier molecular flexibility index (Phi) is 4.62. The lowest BCUT2D eigenvalue weighted by Crippen LogP contribution is -2.40. The summed E-state index contributed by atoms with van der Waals surface area (Å²) in [5.41, 5.74) is 0. The van der Waals surface area contributed by atoms with Crippen LogP contribution in [0.5, 0.6) is 0 Å². The molecule has 78 valence electrons. The van der Waals surface area contributed by atoms with E-state index in [0.717, 1.165) is 19.6 Å². The number of hydrogen-bond donors (Lipinski definition) is 1. The standard InChI is InChI=1S/C9H18FNO2/c1-8-2-4-13-5-3-11(8)7-9(12)6-10/h8-9,12H,2-7H2,1H3. The SMILES string of the molecule is CC1CCOCCN1CC(O)CF. The molecule has 1 N–H and O–H groups in total. The monoisotopic (exact) mass is 191 g/mol. The molecule has 2 unspecified atom stereocenters. The van der Waals surface area contributed by atoms with Crippen molar-refractivity contribution in [3.8, 4) is 0 Å². The topological polar surface area (TPSA) is 32.7 Å². The number of aliphatic hydroxyl groups is 1. The Labute approximate surface area is 78.5 Å². The summed E-state index contributed by atoms with van der Waals surface area (Å²) >= 11 is 0. The van der Waals surface area contributed by atoms with E-state index < -0.39 is 12.8 Å². The van der Waals surface area contributed by atoms with Crippen LogP contribution in [0.2, 0.25) is 0 Å². The molecule has 1 rings (SSSR count). The van der Waals surface area contributed by atoms with Crippen molar-refractivity contribution in [2.45, 2.75) is 25.5 Å². The van der Waals surface area contributed by atoms with Gasteiger partial charge >= 0.3 is 0 Å². The van der Waals surface area contributed by atoms with Gasteiger partial charge in [-0.2, -0.15) is 0 Å². The maximum Gasteiger partial charge on any atom is 0.117 e. The van der Waals surface area contributed by atoms with Gasteiger partial charge in [0.25, 0.3) is 0 Å². The second-order valence-electron chi connectivity index (χ2n) is 3.55. The van der Waals surface area contributed by atoms with Crippen molar-refractivity contribution in [2.75, 3.05) is 33.0 Å². The van der Waals surface area contributed by atoms with E-state index in [1.165, 1.54) is 0 Å². The summed E-state index contributed by atoms with van der Waals surface area (Å²) in [6.07, 6.45) is 0.111. The zero-order chi connectivity index (χ0) is 9.68. The van der Waals surface area contributed by atoms with Gasteiger partial charge in [0.2, 0.25) is 0 Å². The number of aliphatic hydroxyl groups excluding tert-OH is 1. The first-order valence-electron chi connectivity index (χ1n) is 4.80. The van der Waals surface area contributed by atoms with Crippen LogP contribution in [0.25, 0.3) is 0 Å². The van der Waals surface area contributed by atoms with Crippen LogP contribution in [0.15, 0.2) is 0 Å². The summed E-state index contributed by atoms with van der Waals surface area (Å²) in [4.78, 5) is 2.08. The average molecular weight is 191 g/mol. The molecule has 0 bridgehead atoms. The molecular formula is C9H18FNO2. The van der Waals surface area contributed by atoms with Crippen LogP contribution in [-0.4, -0.2) is 55.1 Å². The molecule has 0 aromatic carbocycles. The predicted molar refractivity (Wildman–Crippen MR) is 48.5 cm³/mol. The van der Waals surface area contributed by atoms with E-state index >= 15 is 0 Å². The minimum absolute atomic E-state index is 0.378. The van der Waals surface area contributed by atoms with Crippen LogP contribution in [0.1, 0.15) is 13.3 Å². The van der Waals surface area contributed by atoms with Crippen molar-refractivity contribution in [2.24, 2.45) is 0 Å². The van der Waals surface area contributed by atoms with Crippen molar-refractivity contribution >= 4 is 0 Å². The summed E-state index contributed by atoms with van der Waals surface area (Å²) in [5.74, 6) is 0. The van der Waals surface area contributed by atoms with Crippen molar-refractivity contribution < 1.29 is 14.2 Å². The van der Waals surface area contributed by atoms with E-state index in [4.69, 9.17) is 9.84 Å².